The first-order valence-electron chi connectivity index (χ1n) is 29.2. The van der Waals surface area contributed by atoms with Gasteiger partial charge in [0.05, 0.1) is 61.8 Å². The molecule has 3 aliphatic rings. The number of likely N-dealkylation sites (tertiary alicyclic amines) is 1. The third kappa shape index (κ3) is 13.7. The van der Waals surface area contributed by atoms with Gasteiger partial charge in [0.25, 0.3) is 16.7 Å². The summed E-state index contributed by atoms with van der Waals surface area (Å²) in [6.45, 7) is 17.6. The molecule has 10 aromatic rings. The molecule has 21 heteroatoms. The van der Waals surface area contributed by atoms with Gasteiger partial charge in [-0.3, -0.25) is 14.4 Å². The van der Waals surface area contributed by atoms with Gasteiger partial charge in [0.2, 0.25) is 0 Å². The minimum absolute atomic E-state index is 0.00296. The van der Waals surface area contributed by atoms with Crippen LogP contribution in [0.4, 0.5) is 4.79 Å². The number of aromatic nitrogens is 9. The van der Waals surface area contributed by atoms with Crippen LogP contribution < -0.4 is 26.2 Å². The van der Waals surface area contributed by atoms with E-state index >= 15 is 0 Å². The summed E-state index contributed by atoms with van der Waals surface area (Å²) in [6.07, 6.45) is 17.7. The van der Waals surface area contributed by atoms with Gasteiger partial charge >= 0.3 is 6.09 Å². The van der Waals surface area contributed by atoms with Crippen LogP contribution in [0, 0.1) is 20.8 Å². The predicted octanol–water partition coefficient (Wildman–Crippen LogP) is 8.73. The van der Waals surface area contributed by atoms with Crippen molar-refractivity contribution in [2.24, 2.45) is 0 Å². The summed E-state index contributed by atoms with van der Waals surface area (Å²) in [5.41, 5.74) is 8.41. The van der Waals surface area contributed by atoms with Gasteiger partial charge in [-0.2, -0.15) is 0 Å². The van der Waals surface area contributed by atoms with Gasteiger partial charge < -0.3 is 65.7 Å². The van der Waals surface area contributed by atoms with E-state index in [2.05, 4.69) is 38.1 Å². The number of ether oxygens (including phenoxy) is 5. The fourth-order valence-electron chi connectivity index (χ4n) is 11.4. The van der Waals surface area contributed by atoms with Crippen LogP contribution in [0.25, 0.3) is 49.8 Å². The summed E-state index contributed by atoms with van der Waals surface area (Å²) in [6, 6.07) is 28.9. The highest BCUT2D eigenvalue weighted by molar-refractivity contribution is 5.86. The summed E-state index contributed by atoms with van der Waals surface area (Å²) in [4.78, 5) is 78.4. The number of rotatable bonds is 13. The molecule has 2 fully saturated rings. The first kappa shape index (κ1) is 59.3. The first-order chi connectivity index (χ1) is 42.1. The van der Waals surface area contributed by atoms with Crippen LogP contribution in [0.2, 0.25) is 0 Å². The van der Waals surface area contributed by atoms with Gasteiger partial charge in [-0.1, -0.05) is 24.3 Å². The van der Waals surface area contributed by atoms with Gasteiger partial charge in [0, 0.05) is 127 Å². The third-order valence-electron chi connectivity index (χ3n) is 15.8. The van der Waals surface area contributed by atoms with E-state index < -0.39 is 5.60 Å². The van der Waals surface area contributed by atoms with Crippen LogP contribution >= 0.6 is 0 Å². The smallest absolute Gasteiger partial charge is 0.410 e. The molecule has 87 heavy (non-hydrogen) atoms. The second-order valence-electron chi connectivity index (χ2n) is 22.9. The van der Waals surface area contributed by atoms with Crippen LogP contribution in [0.1, 0.15) is 55.9 Å². The Labute approximate surface area is 502 Å². The molecule has 1 amide bonds. The summed E-state index contributed by atoms with van der Waals surface area (Å²) < 4.78 is 39.1. The number of imidazole rings is 3. The molecule has 21 nitrogen and oxygen atoms in total. The van der Waals surface area contributed by atoms with Crippen LogP contribution in [-0.4, -0.2) is 129 Å². The van der Waals surface area contributed by atoms with Crippen LogP contribution in [0.15, 0.2) is 162 Å². The lowest BCUT2D eigenvalue weighted by Gasteiger charge is -2.39. The Balaban J connectivity index is 0.000000151. The van der Waals surface area contributed by atoms with Gasteiger partial charge in [-0.25, -0.2) is 19.7 Å². The SMILES string of the molecule is Cc1cc(=O)n(CC2OCCO2)c2cc(-n3ccnc3)ccc12.Cc1cc(=O)n(CC=O)c2cc(-n3ccnc3)ccc12.Cc1cc(=O)n(CCN2CCC(N(Cc3ccc4c(c3)OCCO4)C(=O)OC(C)(C)C)CC2)c2cc(-n3ccnc3)ccc12. The molecule has 0 saturated carbocycles. The Morgan fingerprint density at radius 2 is 1.08 bits per heavy atom. The van der Waals surface area contributed by atoms with E-state index in [0.29, 0.717) is 51.8 Å². The average Bonchev–Trinajstić information content (AvgIpc) is 2.19. The second kappa shape index (κ2) is 26.0. The monoisotopic (exact) mass is 1180 g/mol. The molecule has 6 aromatic heterocycles. The number of amides is 1. The maximum Gasteiger partial charge on any atom is 0.410 e. The first-order valence-corrected chi connectivity index (χ1v) is 29.2. The Morgan fingerprint density at radius 3 is 1.57 bits per heavy atom. The second-order valence-corrected chi connectivity index (χ2v) is 22.9. The number of aryl methyl sites for hydroxylation is 3. The predicted molar refractivity (Wildman–Crippen MR) is 331 cm³/mol. The van der Waals surface area contributed by atoms with E-state index in [1.54, 1.807) is 60.3 Å². The number of piperidine rings is 1. The lowest BCUT2D eigenvalue weighted by Crippen LogP contribution is -2.49. The van der Waals surface area contributed by atoms with E-state index in [4.69, 9.17) is 23.7 Å². The number of fused-ring (bicyclic) bond motifs is 4. The van der Waals surface area contributed by atoms with Gasteiger partial charge in [-0.05, 0) is 125 Å². The van der Waals surface area contributed by atoms with Crippen molar-refractivity contribution >= 4 is 45.1 Å². The molecule has 0 radical (unpaired) electrons. The van der Waals surface area contributed by atoms with E-state index in [1.807, 2.05) is 138 Å². The zero-order valence-electron chi connectivity index (χ0n) is 49.8. The molecule has 0 N–H and O–H groups in total. The molecular formula is C66H71N11O10. The fourth-order valence-corrected chi connectivity index (χ4v) is 11.4. The van der Waals surface area contributed by atoms with Crippen molar-refractivity contribution in [2.45, 2.75) is 98.5 Å². The van der Waals surface area contributed by atoms with Crippen molar-refractivity contribution < 1.29 is 33.3 Å². The number of hydrogen-bond donors (Lipinski definition) is 0. The highest BCUT2D eigenvalue weighted by atomic mass is 16.7. The number of carbonyl (C=O) groups is 2. The van der Waals surface area contributed by atoms with Crippen molar-refractivity contribution in [3.8, 4) is 28.6 Å². The molecule has 2 saturated heterocycles. The molecule has 0 unspecified atom stereocenters. The molecule has 3 aliphatic heterocycles. The summed E-state index contributed by atoms with van der Waals surface area (Å²) in [5.74, 6) is 1.44. The summed E-state index contributed by atoms with van der Waals surface area (Å²) in [7, 11) is 0. The van der Waals surface area contributed by atoms with Crippen molar-refractivity contribution in [1.29, 1.82) is 0 Å². The minimum Gasteiger partial charge on any atom is -0.486 e. The highest BCUT2D eigenvalue weighted by Crippen LogP contribution is 2.33. The van der Waals surface area contributed by atoms with Crippen molar-refractivity contribution in [3.63, 3.8) is 0 Å². The molecule has 13 rings (SSSR count). The topological polar surface area (TPSA) is 206 Å². The van der Waals surface area contributed by atoms with Gasteiger partial charge in [0.1, 0.15) is 25.1 Å². The zero-order valence-corrected chi connectivity index (χ0v) is 49.8. The minimum atomic E-state index is -0.593. The Morgan fingerprint density at radius 1 is 0.598 bits per heavy atom. The lowest BCUT2D eigenvalue weighted by atomic mass is 10.0. The molecule has 9 heterocycles. The van der Waals surface area contributed by atoms with Gasteiger partial charge in [0.15, 0.2) is 17.8 Å². The normalized spacial score (nSPS) is 14.6. The van der Waals surface area contributed by atoms with Gasteiger partial charge in [-0.15, -0.1) is 0 Å². The third-order valence-corrected chi connectivity index (χ3v) is 15.8. The number of carbonyl (C=O) groups excluding carboxylic acids is 2. The Kier molecular flexibility index (Phi) is 17.7. The number of benzene rings is 4. The number of pyridine rings is 3. The molecule has 0 spiro atoms. The van der Waals surface area contributed by atoms with E-state index in [9.17, 15) is 24.0 Å². The van der Waals surface area contributed by atoms with Crippen LogP contribution in [0.5, 0.6) is 11.5 Å². The van der Waals surface area contributed by atoms with E-state index in [-0.39, 0.29) is 41.6 Å². The number of aldehydes is 1. The Bertz CT molecular complexity index is 4250. The standard InChI is InChI=1S/C34H41N5O5.C17H17N3O3.C15H13N3O2/c1-24-19-32(40)38(29-21-27(6-7-28(24)29)37-14-11-35-23-37)16-15-36-12-9-26(10-13-36)39(33(41)44-34(2,3)4)22-25-5-8-30-31(20-25)43-18-17-42-30;1-12-8-16(21)20(10-17-22-6-7-23-17)15-9-13(2-3-14(12)15)19-5-4-18-11-19;1-11-8-15(20)18(6-7-19)14-9-12(2-3-13(11)14)17-5-4-16-10-17/h5-8,11,14,19-21,23,26H,9-10,12-13,15-18,22H2,1-4H3;2-5,8-9,11,17H,6-7,10H2,1H3;2-5,7-10H,6H2,1H3. The lowest BCUT2D eigenvalue weighted by molar-refractivity contribution is -0.108. The van der Waals surface area contributed by atoms with Crippen molar-refractivity contribution in [3.05, 3.63) is 200 Å². The Hall–Kier alpha value is -9.44. The van der Waals surface area contributed by atoms with Crippen molar-refractivity contribution in [1.82, 2.24) is 52.2 Å². The highest BCUT2D eigenvalue weighted by Gasteiger charge is 2.32. The quantitative estimate of drug-likeness (QED) is 0.0990. The zero-order chi connectivity index (χ0) is 60.8. The molecule has 0 bridgehead atoms. The molecule has 0 atom stereocenters. The van der Waals surface area contributed by atoms with E-state index in [0.717, 1.165) is 117 Å². The summed E-state index contributed by atoms with van der Waals surface area (Å²) >= 11 is 0. The molecule has 4 aromatic carbocycles. The number of hydrogen-bond acceptors (Lipinski definition) is 14. The molecule has 0 aliphatic carbocycles. The number of nitrogens with zero attached hydrogens (tertiary/aromatic N) is 11. The maximum atomic E-state index is 13.4. The molecular weight excluding hydrogens is 1110 g/mol. The fraction of sp³-hybridized carbons (Fsp3) is 0.333. The largest absolute Gasteiger partial charge is 0.486 e. The maximum absolute atomic E-state index is 13.4. The van der Waals surface area contributed by atoms with E-state index in [1.165, 1.54) is 4.57 Å². The van der Waals surface area contributed by atoms with Crippen molar-refractivity contribution in [2.75, 3.05) is 46.1 Å². The summed E-state index contributed by atoms with van der Waals surface area (Å²) in [5, 5.41) is 3.08. The average molecular weight is 1180 g/mol. The molecule has 450 valence electrons. The van der Waals surface area contributed by atoms with Crippen LogP contribution in [-0.2, 0) is 45.2 Å². The van der Waals surface area contributed by atoms with Crippen LogP contribution in [0.3, 0.4) is 0 Å².